The molecule has 1 unspecified atom stereocenters. The number of hydrogen-bond acceptors (Lipinski definition) is 1. The first-order chi connectivity index (χ1) is 5.33. The summed E-state index contributed by atoms with van der Waals surface area (Å²) < 4.78 is 0. The number of rotatable bonds is 4. The third-order valence-electron chi connectivity index (χ3n) is 2.50. The summed E-state index contributed by atoms with van der Waals surface area (Å²) >= 11 is 0. The molecule has 0 saturated carbocycles. The van der Waals surface area contributed by atoms with Gasteiger partial charge in [-0.25, -0.2) is 0 Å². The maximum absolute atomic E-state index is 5.54. The van der Waals surface area contributed by atoms with Crippen molar-refractivity contribution in [3.05, 3.63) is 11.6 Å². The van der Waals surface area contributed by atoms with Gasteiger partial charge in [0.05, 0.1) is 0 Å². The SMILES string of the molecule is CC(CN)CCC1=CCCC1. The van der Waals surface area contributed by atoms with Crippen LogP contribution in [0.1, 0.15) is 39.0 Å². The largest absolute Gasteiger partial charge is 0.330 e. The zero-order valence-corrected chi connectivity index (χ0v) is 7.47. The minimum Gasteiger partial charge on any atom is -0.330 e. The van der Waals surface area contributed by atoms with E-state index >= 15 is 0 Å². The molecular weight excluding hydrogens is 134 g/mol. The molecule has 0 heterocycles. The molecule has 1 aliphatic carbocycles. The van der Waals surface area contributed by atoms with Gasteiger partial charge in [0.2, 0.25) is 0 Å². The molecule has 2 N–H and O–H groups in total. The first-order valence-corrected chi connectivity index (χ1v) is 4.71. The maximum Gasteiger partial charge on any atom is -0.00514 e. The van der Waals surface area contributed by atoms with E-state index < -0.39 is 0 Å². The predicted octanol–water partition coefficient (Wildman–Crippen LogP) is 2.47. The molecular formula is C10H19N. The Kier molecular flexibility index (Phi) is 3.64. The lowest BCUT2D eigenvalue weighted by atomic mass is 10.0. The van der Waals surface area contributed by atoms with E-state index in [2.05, 4.69) is 13.0 Å². The van der Waals surface area contributed by atoms with E-state index in [-0.39, 0.29) is 0 Å². The van der Waals surface area contributed by atoms with Crippen LogP contribution in [-0.2, 0) is 0 Å². The molecule has 0 aromatic carbocycles. The normalized spacial score (nSPS) is 20.0. The molecule has 0 saturated heterocycles. The summed E-state index contributed by atoms with van der Waals surface area (Å²) in [5, 5.41) is 0. The number of nitrogens with two attached hydrogens (primary N) is 1. The molecule has 1 atom stereocenters. The van der Waals surface area contributed by atoms with Gasteiger partial charge in [-0.15, -0.1) is 0 Å². The Morgan fingerprint density at radius 2 is 2.45 bits per heavy atom. The van der Waals surface area contributed by atoms with Crippen LogP contribution in [0, 0.1) is 5.92 Å². The second-order valence-corrected chi connectivity index (χ2v) is 3.63. The van der Waals surface area contributed by atoms with Gasteiger partial charge >= 0.3 is 0 Å². The molecule has 0 radical (unpaired) electrons. The summed E-state index contributed by atoms with van der Waals surface area (Å²) in [5.74, 6) is 0.705. The summed E-state index contributed by atoms with van der Waals surface area (Å²) in [5.41, 5.74) is 7.21. The fourth-order valence-electron chi connectivity index (χ4n) is 1.51. The van der Waals surface area contributed by atoms with Gasteiger partial charge < -0.3 is 5.73 Å². The Hall–Kier alpha value is -0.300. The third-order valence-corrected chi connectivity index (χ3v) is 2.50. The molecule has 1 aliphatic rings. The fraction of sp³-hybridized carbons (Fsp3) is 0.800. The lowest BCUT2D eigenvalue weighted by molar-refractivity contribution is 0.540. The van der Waals surface area contributed by atoms with Crippen LogP contribution in [0.25, 0.3) is 0 Å². The van der Waals surface area contributed by atoms with Crippen LogP contribution in [0.3, 0.4) is 0 Å². The molecule has 1 rings (SSSR count). The van der Waals surface area contributed by atoms with Gasteiger partial charge in [0.25, 0.3) is 0 Å². The van der Waals surface area contributed by atoms with Crippen molar-refractivity contribution in [2.45, 2.75) is 39.0 Å². The average Bonchev–Trinajstić information content (AvgIpc) is 2.52. The Morgan fingerprint density at radius 1 is 1.64 bits per heavy atom. The minimum absolute atomic E-state index is 0.705. The summed E-state index contributed by atoms with van der Waals surface area (Å²) in [4.78, 5) is 0. The maximum atomic E-state index is 5.54. The highest BCUT2D eigenvalue weighted by molar-refractivity contribution is 5.07. The second-order valence-electron chi connectivity index (χ2n) is 3.63. The Balaban J connectivity index is 2.11. The first kappa shape index (κ1) is 8.79. The highest BCUT2D eigenvalue weighted by atomic mass is 14.5. The Labute approximate surface area is 69.7 Å². The Bertz CT molecular complexity index is 138. The second kappa shape index (κ2) is 4.55. The molecule has 1 nitrogen and oxygen atoms in total. The minimum atomic E-state index is 0.705. The van der Waals surface area contributed by atoms with Gasteiger partial charge in [0.15, 0.2) is 0 Å². The molecule has 0 amide bonds. The van der Waals surface area contributed by atoms with Crippen molar-refractivity contribution in [1.29, 1.82) is 0 Å². The van der Waals surface area contributed by atoms with Crippen molar-refractivity contribution < 1.29 is 0 Å². The standard InChI is InChI=1S/C10H19N/c1-9(8-11)6-7-10-4-2-3-5-10/h4,9H,2-3,5-8,11H2,1H3. The first-order valence-electron chi connectivity index (χ1n) is 4.71. The highest BCUT2D eigenvalue weighted by Gasteiger charge is 2.05. The molecule has 64 valence electrons. The van der Waals surface area contributed by atoms with E-state index in [4.69, 9.17) is 5.73 Å². The average molecular weight is 153 g/mol. The summed E-state index contributed by atoms with van der Waals surface area (Å²) in [6, 6.07) is 0. The predicted molar refractivity (Wildman–Crippen MR) is 49.4 cm³/mol. The van der Waals surface area contributed by atoms with Crippen LogP contribution >= 0.6 is 0 Å². The van der Waals surface area contributed by atoms with Crippen molar-refractivity contribution >= 4 is 0 Å². The van der Waals surface area contributed by atoms with Gasteiger partial charge in [-0.1, -0.05) is 18.6 Å². The van der Waals surface area contributed by atoms with Crippen molar-refractivity contribution in [3.8, 4) is 0 Å². The topological polar surface area (TPSA) is 26.0 Å². The van der Waals surface area contributed by atoms with Crippen LogP contribution in [0.5, 0.6) is 0 Å². The van der Waals surface area contributed by atoms with Crippen LogP contribution in [0.15, 0.2) is 11.6 Å². The van der Waals surface area contributed by atoms with Crippen LogP contribution in [0.4, 0.5) is 0 Å². The fourth-order valence-corrected chi connectivity index (χ4v) is 1.51. The van der Waals surface area contributed by atoms with E-state index in [1.807, 2.05) is 0 Å². The van der Waals surface area contributed by atoms with E-state index in [1.165, 1.54) is 32.1 Å². The molecule has 0 bridgehead atoms. The monoisotopic (exact) mass is 153 g/mol. The van der Waals surface area contributed by atoms with Crippen molar-refractivity contribution in [2.24, 2.45) is 11.7 Å². The summed E-state index contributed by atoms with van der Waals surface area (Å²) in [6.07, 6.45) is 9.01. The van der Waals surface area contributed by atoms with E-state index in [0.29, 0.717) is 5.92 Å². The molecule has 0 aromatic heterocycles. The van der Waals surface area contributed by atoms with Crippen molar-refractivity contribution in [3.63, 3.8) is 0 Å². The Morgan fingerprint density at radius 3 is 3.00 bits per heavy atom. The van der Waals surface area contributed by atoms with E-state index in [1.54, 1.807) is 5.57 Å². The van der Waals surface area contributed by atoms with Gasteiger partial charge in [0, 0.05) is 0 Å². The zero-order chi connectivity index (χ0) is 8.10. The lowest BCUT2D eigenvalue weighted by Crippen LogP contribution is -2.10. The quantitative estimate of drug-likeness (QED) is 0.617. The lowest BCUT2D eigenvalue weighted by Gasteiger charge is -2.07. The van der Waals surface area contributed by atoms with Crippen molar-refractivity contribution in [1.82, 2.24) is 0 Å². The van der Waals surface area contributed by atoms with Gasteiger partial charge in [-0.3, -0.25) is 0 Å². The summed E-state index contributed by atoms with van der Waals surface area (Å²) in [7, 11) is 0. The van der Waals surface area contributed by atoms with Gasteiger partial charge in [-0.2, -0.15) is 0 Å². The third kappa shape index (κ3) is 3.06. The molecule has 1 heteroatoms. The van der Waals surface area contributed by atoms with Crippen LogP contribution < -0.4 is 5.73 Å². The molecule has 0 aliphatic heterocycles. The van der Waals surface area contributed by atoms with Gasteiger partial charge in [0.1, 0.15) is 0 Å². The highest BCUT2D eigenvalue weighted by Crippen LogP contribution is 2.23. The zero-order valence-electron chi connectivity index (χ0n) is 7.47. The van der Waals surface area contributed by atoms with Crippen molar-refractivity contribution in [2.75, 3.05) is 6.54 Å². The number of hydrogen-bond donors (Lipinski definition) is 1. The smallest absolute Gasteiger partial charge is 0.00514 e. The molecule has 0 fully saturated rings. The molecule has 0 spiro atoms. The molecule has 0 aromatic rings. The summed E-state index contributed by atoms with van der Waals surface area (Å²) in [6.45, 7) is 3.07. The van der Waals surface area contributed by atoms with Gasteiger partial charge in [-0.05, 0) is 44.6 Å². The van der Waals surface area contributed by atoms with E-state index in [0.717, 1.165) is 6.54 Å². The van der Waals surface area contributed by atoms with E-state index in [9.17, 15) is 0 Å². The number of allylic oxidation sites excluding steroid dienone is 2. The van der Waals surface area contributed by atoms with Crippen LogP contribution in [0.2, 0.25) is 0 Å². The molecule has 11 heavy (non-hydrogen) atoms. The van der Waals surface area contributed by atoms with Crippen LogP contribution in [-0.4, -0.2) is 6.54 Å².